The molecule has 0 unspecified atom stereocenters. The van der Waals surface area contributed by atoms with Crippen molar-refractivity contribution < 1.29 is 33.3 Å². The molecule has 0 saturated heterocycles. The first kappa shape index (κ1) is 20.6. The van der Waals surface area contributed by atoms with Crippen molar-refractivity contribution in [3.8, 4) is 0 Å². The number of rotatable bonds is 2. The molecule has 7 nitrogen and oxygen atoms in total. The molecule has 0 radical (unpaired) electrons. The summed E-state index contributed by atoms with van der Waals surface area (Å²) in [4.78, 5) is 26.6. The van der Waals surface area contributed by atoms with Gasteiger partial charge in [0.2, 0.25) is 23.1 Å². The van der Waals surface area contributed by atoms with E-state index in [0.717, 1.165) is 4.90 Å². The molecule has 1 aromatic rings. The van der Waals surface area contributed by atoms with Gasteiger partial charge >= 0.3 is 0 Å². The van der Waals surface area contributed by atoms with Crippen molar-refractivity contribution in [3.05, 3.63) is 52.8 Å². The minimum Gasteiger partial charge on any atom is -0.484 e. The third-order valence-electron chi connectivity index (χ3n) is 3.79. The van der Waals surface area contributed by atoms with Gasteiger partial charge in [0.1, 0.15) is 13.2 Å². The Hall–Kier alpha value is -2.13. The van der Waals surface area contributed by atoms with Crippen LogP contribution in [0.15, 0.2) is 57.7 Å². The van der Waals surface area contributed by atoms with Crippen LogP contribution in [-0.2, 0) is 33.3 Å². The molecule has 8 heteroatoms. The lowest BCUT2D eigenvalue weighted by Crippen LogP contribution is -2.24. The second kappa shape index (κ2) is 11.0. The Bertz CT molecular complexity index is 742. The van der Waals surface area contributed by atoms with Gasteiger partial charge in [-0.15, -0.1) is 0 Å². The molecule has 0 amide bonds. The number of carbonyl (C=O) groups is 2. The van der Waals surface area contributed by atoms with Crippen LogP contribution in [0.2, 0.25) is 0 Å². The molecule has 0 saturated carbocycles. The van der Waals surface area contributed by atoms with E-state index in [9.17, 15) is 9.59 Å². The Labute approximate surface area is 167 Å². The van der Waals surface area contributed by atoms with Crippen molar-refractivity contribution in [2.75, 3.05) is 52.9 Å². The van der Waals surface area contributed by atoms with Gasteiger partial charge in [0, 0.05) is 11.0 Å². The molecule has 150 valence electrons. The molecule has 2 aliphatic rings. The summed E-state index contributed by atoms with van der Waals surface area (Å²) in [6.07, 6.45) is 1.29. The SMILES string of the molecule is O=C1C=C(Sc2ccccc2)C(=O)C2=C1OCCOCCOCCOCCO2. The van der Waals surface area contributed by atoms with Crippen LogP contribution in [-0.4, -0.2) is 64.4 Å². The first-order valence-corrected chi connectivity index (χ1v) is 9.84. The van der Waals surface area contributed by atoms with Gasteiger partial charge < -0.3 is 23.7 Å². The van der Waals surface area contributed by atoms with Crippen molar-refractivity contribution >= 4 is 23.3 Å². The fraction of sp³-hybridized carbons (Fsp3) is 0.400. The van der Waals surface area contributed by atoms with Crippen LogP contribution in [0.5, 0.6) is 0 Å². The van der Waals surface area contributed by atoms with E-state index in [1.54, 1.807) is 0 Å². The molecule has 0 spiro atoms. The summed E-state index contributed by atoms with van der Waals surface area (Å²) in [6, 6.07) is 9.36. The van der Waals surface area contributed by atoms with Gasteiger partial charge in [-0.3, -0.25) is 9.59 Å². The fourth-order valence-electron chi connectivity index (χ4n) is 2.48. The van der Waals surface area contributed by atoms with Gasteiger partial charge in [-0.25, -0.2) is 0 Å². The molecule has 3 rings (SSSR count). The van der Waals surface area contributed by atoms with E-state index in [1.807, 2.05) is 30.3 Å². The highest BCUT2D eigenvalue weighted by Gasteiger charge is 2.32. The summed E-state index contributed by atoms with van der Waals surface area (Å²) in [5.41, 5.74) is 0. The number of Topliss-reactive ketones (excluding diaryl/α,β-unsaturated/α-hetero) is 1. The summed E-state index contributed by atoms with van der Waals surface area (Å²) in [7, 11) is 0. The first-order valence-electron chi connectivity index (χ1n) is 9.02. The number of hydrogen-bond acceptors (Lipinski definition) is 8. The van der Waals surface area contributed by atoms with Crippen molar-refractivity contribution in [1.29, 1.82) is 0 Å². The van der Waals surface area contributed by atoms with Gasteiger partial charge in [0.15, 0.2) is 0 Å². The van der Waals surface area contributed by atoms with Crippen LogP contribution < -0.4 is 0 Å². The largest absolute Gasteiger partial charge is 0.484 e. The highest BCUT2D eigenvalue weighted by atomic mass is 32.2. The molecule has 0 bridgehead atoms. The number of ketones is 2. The maximum atomic E-state index is 12.9. The highest BCUT2D eigenvalue weighted by Crippen LogP contribution is 2.33. The zero-order chi connectivity index (χ0) is 19.6. The van der Waals surface area contributed by atoms with Gasteiger partial charge in [-0.05, 0) is 12.1 Å². The minimum absolute atomic E-state index is 0.0827. The molecular weight excluding hydrogens is 384 g/mol. The fourth-order valence-corrected chi connectivity index (χ4v) is 3.38. The number of hydrogen-bond donors (Lipinski definition) is 0. The minimum atomic E-state index is -0.401. The third-order valence-corrected chi connectivity index (χ3v) is 4.82. The average molecular weight is 406 g/mol. The van der Waals surface area contributed by atoms with Crippen molar-refractivity contribution in [2.45, 2.75) is 4.90 Å². The number of thioether (sulfide) groups is 1. The summed E-state index contributed by atoms with van der Waals surface area (Å²) < 4.78 is 27.3. The van der Waals surface area contributed by atoms with Crippen LogP contribution >= 0.6 is 11.8 Å². The molecule has 1 aromatic carbocycles. The Morgan fingerprint density at radius 3 is 1.82 bits per heavy atom. The molecule has 0 fully saturated rings. The Morgan fingerprint density at radius 1 is 0.679 bits per heavy atom. The average Bonchev–Trinajstić information content (AvgIpc) is 2.71. The Balaban J connectivity index is 1.73. The Morgan fingerprint density at radius 2 is 1.21 bits per heavy atom. The van der Waals surface area contributed by atoms with Gasteiger partial charge in [0.25, 0.3) is 0 Å². The number of ether oxygens (including phenoxy) is 5. The molecular formula is C20H22O7S. The van der Waals surface area contributed by atoms with Crippen LogP contribution in [0.4, 0.5) is 0 Å². The summed E-state index contributed by atoms with van der Waals surface area (Å²) in [6.45, 7) is 2.52. The summed E-state index contributed by atoms with van der Waals surface area (Å²) in [5.74, 6) is -0.948. The van der Waals surface area contributed by atoms with Crippen molar-refractivity contribution in [3.63, 3.8) is 0 Å². The van der Waals surface area contributed by atoms with Crippen LogP contribution in [0.1, 0.15) is 0 Å². The van der Waals surface area contributed by atoms with Gasteiger partial charge in [-0.1, -0.05) is 30.0 Å². The standard InChI is InChI=1S/C20H22O7S/c21-16-14-17(28-15-4-2-1-3-5-15)18(22)20-19(16)26-12-10-24-8-6-23-7-9-25-11-13-27-20/h1-5,14H,6-13H2. The van der Waals surface area contributed by atoms with Crippen molar-refractivity contribution in [1.82, 2.24) is 0 Å². The molecule has 0 N–H and O–H groups in total. The normalized spacial score (nSPS) is 20.2. The van der Waals surface area contributed by atoms with E-state index < -0.39 is 5.78 Å². The highest BCUT2D eigenvalue weighted by molar-refractivity contribution is 8.04. The maximum absolute atomic E-state index is 12.9. The van der Waals surface area contributed by atoms with Crippen molar-refractivity contribution in [2.24, 2.45) is 0 Å². The van der Waals surface area contributed by atoms with Gasteiger partial charge in [-0.2, -0.15) is 0 Å². The zero-order valence-electron chi connectivity index (χ0n) is 15.4. The third kappa shape index (κ3) is 5.93. The van der Waals surface area contributed by atoms with Crippen LogP contribution in [0.25, 0.3) is 0 Å². The maximum Gasteiger partial charge on any atom is 0.238 e. The predicted octanol–water partition coefficient (Wildman–Crippen LogP) is 2.12. The smallest absolute Gasteiger partial charge is 0.238 e. The molecule has 1 heterocycles. The zero-order valence-corrected chi connectivity index (χ0v) is 16.2. The van der Waals surface area contributed by atoms with E-state index >= 15 is 0 Å². The van der Waals surface area contributed by atoms with E-state index in [2.05, 4.69) is 0 Å². The number of carbonyl (C=O) groups excluding carboxylic acids is 2. The first-order chi connectivity index (χ1) is 13.8. The summed E-state index contributed by atoms with van der Waals surface area (Å²) >= 11 is 1.22. The van der Waals surface area contributed by atoms with E-state index in [0.29, 0.717) is 31.3 Å². The quantitative estimate of drug-likeness (QED) is 0.691. The summed E-state index contributed by atoms with van der Waals surface area (Å²) in [5, 5.41) is 0. The number of benzene rings is 1. The second-order valence-corrected chi connectivity index (χ2v) is 6.92. The van der Waals surface area contributed by atoms with E-state index in [4.69, 9.17) is 23.7 Å². The van der Waals surface area contributed by atoms with E-state index in [-0.39, 0.29) is 43.7 Å². The lowest BCUT2D eigenvalue weighted by Gasteiger charge is -2.19. The lowest BCUT2D eigenvalue weighted by atomic mass is 10.1. The van der Waals surface area contributed by atoms with Crippen LogP contribution in [0, 0.1) is 0 Å². The molecule has 0 aromatic heterocycles. The second-order valence-electron chi connectivity index (χ2n) is 5.81. The molecule has 0 atom stereocenters. The Kier molecular flexibility index (Phi) is 8.10. The lowest BCUT2D eigenvalue weighted by molar-refractivity contribution is -0.121. The monoisotopic (exact) mass is 406 g/mol. The predicted molar refractivity (Wildman–Crippen MR) is 102 cm³/mol. The van der Waals surface area contributed by atoms with Crippen LogP contribution in [0.3, 0.4) is 0 Å². The topological polar surface area (TPSA) is 80.3 Å². The molecule has 1 aliphatic heterocycles. The van der Waals surface area contributed by atoms with E-state index in [1.165, 1.54) is 17.8 Å². The molecule has 28 heavy (non-hydrogen) atoms. The molecule has 1 aliphatic carbocycles. The number of allylic oxidation sites excluding steroid dienone is 2. The van der Waals surface area contributed by atoms with Gasteiger partial charge in [0.05, 0.1) is 44.5 Å².